The van der Waals surface area contributed by atoms with E-state index in [1.807, 2.05) is 6.92 Å². The zero-order valence-electron chi connectivity index (χ0n) is 7.25. The summed E-state index contributed by atoms with van der Waals surface area (Å²) in [6.45, 7) is 4.40. The Balaban J connectivity index is 0. The van der Waals surface area contributed by atoms with E-state index in [0.717, 1.165) is 0 Å². The van der Waals surface area contributed by atoms with Gasteiger partial charge in [-0.25, -0.2) is 0 Å². The van der Waals surface area contributed by atoms with Gasteiger partial charge in [-0.1, -0.05) is 35.4 Å². The van der Waals surface area contributed by atoms with Crippen LogP contribution in [-0.4, -0.2) is 22.0 Å². The highest BCUT2D eigenvalue weighted by molar-refractivity contribution is 14.1. The van der Waals surface area contributed by atoms with Crippen LogP contribution in [0, 0.1) is 17.8 Å². The molecular weight excluding hydrogens is 269 g/mol. The SMILES string of the molecule is CC#CC(CN)C(C)I.O=CO. The van der Waals surface area contributed by atoms with E-state index in [2.05, 4.69) is 41.4 Å². The van der Waals surface area contributed by atoms with E-state index in [9.17, 15) is 0 Å². The summed E-state index contributed by atoms with van der Waals surface area (Å²) in [5.74, 6) is 6.29. The smallest absolute Gasteiger partial charge is 0.290 e. The zero-order chi connectivity index (χ0) is 9.98. The van der Waals surface area contributed by atoms with Crippen LogP contribution in [0.5, 0.6) is 0 Å². The van der Waals surface area contributed by atoms with Gasteiger partial charge in [-0.3, -0.25) is 4.79 Å². The third-order valence-electron chi connectivity index (χ3n) is 1.14. The molecule has 0 spiro atoms. The van der Waals surface area contributed by atoms with Crippen molar-refractivity contribution in [2.45, 2.75) is 17.8 Å². The number of carboxylic acid groups (broad SMARTS) is 1. The average Bonchev–Trinajstić information content (AvgIpc) is 2.01. The van der Waals surface area contributed by atoms with E-state index in [1.165, 1.54) is 0 Å². The summed E-state index contributed by atoms with van der Waals surface area (Å²) in [4.78, 5) is 8.36. The second kappa shape index (κ2) is 10.7. The molecule has 0 heterocycles. The molecule has 0 aliphatic heterocycles. The lowest BCUT2D eigenvalue weighted by Gasteiger charge is -2.08. The van der Waals surface area contributed by atoms with E-state index in [-0.39, 0.29) is 6.47 Å². The summed E-state index contributed by atoms with van der Waals surface area (Å²) in [6, 6.07) is 0. The first-order valence-corrected chi connectivity index (χ1v) is 4.72. The van der Waals surface area contributed by atoms with Crippen LogP contribution in [0.15, 0.2) is 0 Å². The van der Waals surface area contributed by atoms with Crippen molar-refractivity contribution < 1.29 is 9.90 Å². The molecule has 0 aromatic carbocycles. The maximum Gasteiger partial charge on any atom is 0.290 e. The summed E-state index contributed by atoms with van der Waals surface area (Å²) in [7, 11) is 0. The summed E-state index contributed by atoms with van der Waals surface area (Å²) in [5, 5.41) is 6.89. The molecule has 4 heteroatoms. The highest BCUT2D eigenvalue weighted by Crippen LogP contribution is 2.09. The number of rotatable bonds is 2. The number of halogens is 1. The van der Waals surface area contributed by atoms with Crippen molar-refractivity contribution in [3.8, 4) is 11.8 Å². The summed E-state index contributed by atoms with van der Waals surface area (Å²) < 4.78 is 0.556. The van der Waals surface area contributed by atoms with Gasteiger partial charge in [-0.2, -0.15) is 0 Å². The highest BCUT2D eigenvalue weighted by atomic mass is 127. The van der Waals surface area contributed by atoms with Crippen molar-refractivity contribution >= 4 is 29.1 Å². The Morgan fingerprint density at radius 2 is 2.17 bits per heavy atom. The fourth-order valence-electron chi connectivity index (χ4n) is 0.547. The van der Waals surface area contributed by atoms with Crippen LogP contribution in [0.25, 0.3) is 0 Å². The number of nitrogens with two attached hydrogens (primary N) is 1. The molecule has 0 amide bonds. The van der Waals surface area contributed by atoms with Gasteiger partial charge in [-0.05, 0) is 6.92 Å². The van der Waals surface area contributed by atoms with E-state index >= 15 is 0 Å². The lowest BCUT2D eigenvalue weighted by atomic mass is 10.1. The normalized spacial score (nSPS) is 12.7. The topological polar surface area (TPSA) is 63.3 Å². The Kier molecular flexibility index (Phi) is 12.7. The molecule has 0 aromatic rings. The second-order valence-electron chi connectivity index (χ2n) is 2.02. The van der Waals surface area contributed by atoms with Crippen molar-refractivity contribution in [3.05, 3.63) is 0 Å². The first kappa shape index (κ1) is 14.3. The van der Waals surface area contributed by atoms with Gasteiger partial charge in [0, 0.05) is 16.4 Å². The first-order chi connectivity index (χ1) is 5.63. The van der Waals surface area contributed by atoms with Crippen molar-refractivity contribution in [2.24, 2.45) is 11.7 Å². The molecule has 0 aliphatic rings. The summed E-state index contributed by atoms with van der Waals surface area (Å²) in [5.41, 5.74) is 5.45. The highest BCUT2D eigenvalue weighted by Gasteiger charge is 2.07. The van der Waals surface area contributed by atoms with Gasteiger partial charge in [-0.15, -0.1) is 5.92 Å². The molecule has 0 fully saturated rings. The van der Waals surface area contributed by atoms with Crippen molar-refractivity contribution in [1.29, 1.82) is 0 Å². The number of alkyl halides is 1. The largest absolute Gasteiger partial charge is 0.483 e. The molecule has 0 bridgehead atoms. The monoisotopic (exact) mass is 283 g/mol. The second-order valence-corrected chi connectivity index (χ2v) is 3.98. The van der Waals surface area contributed by atoms with Gasteiger partial charge >= 0.3 is 0 Å². The third kappa shape index (κ3) is 9.72. The number of carbonyl (C=O) groups is 1. The van der Waals surface area contributed by atoms with Crippen LogP contribution in [0.1, 0.15) is 13.8 Å². The molecule has 2 atom stereocenters. The van der Waals surface area contributed by atoms with Crippen LogP contribution >= 0.6 is 22.6 Å². The molecule has 3 N–H and O–H groups in total. The fraction of sp³-hybridized carbons (Fsp3) is 0.625. The Labute approximate surface area is 86.9 Å². The maximum absolute atomic E-state index is 8.36. The van der Waals surface area contributed by atoms with E-state index in [0.29, 0.717) is 16.4 Å². The Bertz CT molecular complexity index is 160. The molecule has 0 saturated heterocycles. The average molecular weight is 283 g/mol. The number of hydrogen-bond donors (Lipinski definition) is 2. The number of hydrogen-bond acceptors (Lipinski definition) is 2. The Morgan fingerprint density at radius 1 is 1.75 bits per heavy atom. The molecule has 70 valence electrons. The van der Waals surface area contributed by atoms with Gasteiger partial charge < -0.3 is 10.8 Å². The summed E-state index contributed by atoms with van der Waals surface area (Å²) in [6.07, 6.45) is 0. The van der Waals surface area contributed by atoms with Crippen LogP contribution in [0.2, 0.25) is 0 Å². The van der Waals surface area contributed by atoms with E-state index in [1.54, 1.807) is 0 Å². The first-order valence-electron chi connectivity index (χ1n) is 3.48. The Hall–Kier alpha value is -0.280. The Morgan fingerprint density at radius 3 is 2.25 bits per heavy atom. The van der Waals surface area contributed by atoms with Gasteiger partial charge in [0.2, 0.25) is 0 Å². The molecule has 0 radical (unpaired) electrons. The van der Waals surface area contributed by atoms with Crippen molar-refractivity contribution in [2.75, 3.05) is 6.54 Å². The summed E-state index contributed by atoms with van der Waals surface area (Å²) >= 11 is 2.35. The molecule has 3 nitrogen and oxygen atoms in total. The predicted molar refractivity (Wildman–Crippen MR) is 58.2 cm³/mol. The van der Waals surface area contributed by atoms with Crippen LogP contribution in [0.4, 0.5) is 0 Å². The molecular formula is C8H14INO2. The van der Waals surface area contributed by atoms with E-state index < -0.39 is 0 Å². The lowest BCUT2D eigenvalue weighted by Crippen LogP contribution is -2.19. The van der Waals surface area contributed by atoms with Crippen LogP contribution < -0.4 is 5.73 Å². The van der Waals surface area contributed by atoms with Gasteiger partial charge in [0.15, 0.2) is 0 Å². The molecule has 0 saturated carbocycles. The maximum atomic E-state index is 8.36. The third-order valence-corrected chi connectivity index (χ3v) is 2.01. The fourth-order valence-corrected chi connectivity index (χ4v) is 1.02. The minimum absolute atomic E-state index is 0.250. The zero-order valence-corrected chi connectivity index (χ0v) is 9.41. The molecule has 2 unspecified atom stereocenters. The van der Waals surface area contributed by atoms with Crippen molar-refractivity contribution in [3.63, 3.8) is 0 Å². The van der Waals surface area contributed by atoms with Crippen LogP contribution in [-0.2, 0) is 4.79 Å². The quantitative estimate of drug-likeness (QED) is 0.345. The van der Waals surface area contributed by atoms with Gasteiger partial charge in [0.05, 0.1) is 0 Å². The molecule has 0 rings (SSSR count). The molecule has 12 heavy (non-hydrogen) atoms. The van der Waals surface area contributed by atoms with E-state index in [4.69, 9.17) is 15.6 Å². The molecule has 0 aliphatic carbocycles. The minimum atomic E-state index is -0.250. The standard InChI is InChI=1S/C7H12IN.CH2O2/c1-3-4-7(5-9)6(2)8;2-1-3/h6-7H,5,9H2,1-2H3;1H,(H,2,3). The van der Waals surface area contributed by atoms with Gasteiger partial charge in [0.1, 0.15) is 0 Å². The van der Waals surface area contributed by atoms with Gasteiger partial charge in [0.25, 0.3) is 6.47 Å². The lowest BCUT2D eigenvalue weighted by molar-refractivity contribution is -0.122. The minimum Gasteiger partial charge on any atom is -0.483 e. The molecule has 0 aromatic heterocycles. The predicted octanol–water partition coefficient (Wildman–Crippen LogP) is 1.11. The van der Waals surface area contributed by atoms with Crippen LogP contribution in [0.3, 0.4) is 0 Å². The van der Waals surface area contributed by atoms with Crippen molar-refractivity contribution in [1.82, 2.24) is 0 Å².